The molecule has 2 aliphatic rings. The third kappa shape index (κ3) is 2.86. The van der Waals surface area contributed by atoms with Crippen LogP contribution in [0.5, 0.6) is 0 Å². The second kappa shape index (κ2) is 5.77. The highest BCUT2D eigenvalue weighted by atomic mass is 19.1. The quantitative estimate of drug-likeness (QED) is 0.914. The molecule has 5 heteroatoms. The topological polar surface area (TPSA) is 47.7 Å². The van der Waals surface area contributed by atoms with Crippen molar-refractivity contribution in [2.75, 3.05) is 26.3 Å². The van der Waals surface area contributed by atoms with E-state index in [1.54, 1.807) is 6.07 Å². The number of hydrogen-bond acceptors (Lipinski definition) is 4. The zero-order chi connectivity index (χ0) is 14.0. The van der Waals surface area contributed by atoms with E-state index in [4.69, 9.17) is 15.2 Å². The van der Waals surface area contributed by atoms with E-state index in [1.807, 2.05) is 6.07 Å². The molecular formula is C15H21FN2O2. The molecular weight excluding hydrogens is 259 g/mol. The normalized spacial score (nSPS) is 22.5. The van der Waals surface area contributed by atoms with E-state index in [-0.39, 0.29) is 11.6 Å². The standard InChI is InChI=1S/C15H21FN2O2/c16-14-2-1-12(10-17)9-13(14)11-18-5-3-15(4-6-18)19-7-8-20-15/h1-2,9H,3-8,10-11,17H2. The van der Waals surface area contributed by atoms with Gasteiger partial charge in [0.1, 0.15) is 5.82 Å². The molecule has 0 bridgehead atoms. The Hall–Kier alpha value is -1.01. The van der Waals surface area contributed by atoms with E-state index in [2.05, 4.69) is 4.90 Å². The number of likely N-dealkylation sites (tertiary alicyclic amines) is 1. The van der Waals surface area contributed by atoms with E-state index >= 15 is 0 Å². The van der Waals surface area contributed by atoms with Gasteiger partial charge in [-0.05, 0) is 11.6 Å². The fourth-order valence-electron chi connectivity index (χ4n) is 2.95. The largest absolute Gasteiger partial charge is 0.347 e. The van der Waals surface area contributed by atoms with Gasteiger partial charge in [0, 0.05) is 44.6 Å². The molecule has 4 nitrogen and oxygen atoms in total. The summed E-state index contributed by atoms with van der Waals surface area (Å²) in [5.41, 5.74) is 7.30. The second-order valence-corrected chi connectivity index (χ2v) is 5.51. The lowest BCUT2D eigenvalue weighted by Gasteiger charge is -2.37. The molecule has 1 spiro atoms. The van der Waals surface area contributed by atoms with Gasteiger partial charge in [0.15, 0.2) is 5.79 Å². The minimum absolute atomic E-state index is 0.157. The maximum Gasteiger partial charge on any atom is 0.170 e. The van der Waals surface area contributed by atoms with Crippen molar-refractivity contribution < 1.29 is 13.9 Å². The fraction of sp³-hybridized carbons (Fsp3) is 0.600. The van der Waals surface area contributed by atoms with Crippen molar-refractivity contribution in [3.05, 3.63) is 35.1 Å². The number of halogens is 1. The van der Waals surface area contributed by atoms with Crippen molar-refractivity contribution in [3.63, 3.8) is 0 Å². The molecule has 0 saturated carbocycles. The van der Waals surface area contributed by atoms with Gasteiger partial charge in [0.2, 0.25) is 0 Å². The van der Waals surface area contributed by atoms with Crippen molar-refractivity contribution in [3.8, 4) is 0 Å². The Bertz CT molecular complexity index is 465. The molecule has 0 atom stereocenters. The van der Waals surface area contributed by atoms with E-state index in [0.29, 0.717) is 26.3 Å². The number of hydrogen-bond donors (Lipinski definition) is 1. The lowest BCUT2D eigenvalue weighted by Crippen LogP contribution is -2.44. The Morgan fingerprint density at radius 1 is 1.20 bits per heavy atom. The molecule has 110 valence electrons. The molecule has 0 unspecified atom stereocenters. The van der Waals surface area contributed by atoms with Crippen LogP contribution in [0.4, 0.5) is 4.39 Å². The van der Waals surface area contributed by atoms with Crippen LogP contribution in [-0.4, -0.2) is 37.0 Å². The predicted octanol–water partition coefficient (Wildman–Crippen LogP) is 1.62. The highest BCUT2D eigenvalue weighted by Crippen LogP contribution is 2.31. The Labute approximate surface area is 118 Å². The number of piperidine rings is 1. The zero-order valence-corrected chi connectivity index (χ0v) is 11.6. The molecule has 2 N–H and O–H groups in total. The minimum atomic E-state index is -0.367. The molecule has 0 radical (unpaired) electrons. The van der Waals surface area contributed by atoms with Crippen LogP contribution in [0.1, 0.15) is 24.0 Å². The highest BCUT2D eigenvalue weighted by Gasteiger charge is 2.39. The minimum Gasteiger partial charge on any atom is -0.347 e. The first-order chi connectivity index (χ1) is 9.71. The Morgan fingerprint density at radius 2 is 1.90 bits per heavy atom. The van der Waals surface area contributed by atoms with Crippen LogP contribution >= 0.6 is 0 Å². The van der Waals surface area contributed by atoms with Gasteiger partial charge in [0.25, 0.3) is 0 Å². The lowest BCUT2D eigenvalue weighted by atomic mass is 10.0. The SMILES string of the molecule is NCc1ccc(F)c(CN2CCC3(CC2)OCCO3)c1. The first kappa shape index (κ1) is 13.9. The molecule has 0 aromatic heterocycles. The number of ether oxygens (including phenoxy) is 2. The van der Waals surface area contributed by atoms with Crippen molar-refractivity contribution in [1.82, 2.24) is 4.90 Å². The van der Waals surface area contributed by atoms with E-state index in [1.165, 1.54) is 6.07 Å². The van der Waals surface area contributed by atoms with E-state index in [0.717, 1.165) is 37.1 Å². The number of nitrogens with two attached hydrogens (primary N) is 1. The molecule has 1 aromatic carbocycles. The second-order valence-electron chi connectivity index (χ2n) is 5.51. The molecule has 2 aliphatic heterocycles. The smallest absolute Gasteiger partial charge is 0.170 e. The maximum atomic E-state index is 13.8. The van der Waals surface area contributed by atoms with Crippen molar-refractivity contribution in [1.29, 1.82) is 0 Å². The molecule has 1 aromatic rings. The fourth-order valence-corrected chi connectivity index (χ4v) is 2.95. The molecule has 2 fully saturated rings. The number of nitrogens with zero attached hydrogens (tertiary/aromatic N) is 1. The third-order valence-corrected chi connectivity index (χ3v) is 4.17. The summed E-state index contributed by atoms with van der Waals surface area (Å²) in [5, 5.41) is 0. The van der Waals surface area contributed by atoms with Crippen molar-refractivity contribution in [2.45, 2.75) is 31.7 Å². The van der Waals surface area contributed by atoms with Crippen LogP contribution < -0.4 is 5.73 Å². The summed E-state index contributed by atoms with van der Waals surface area (Å²) in [6.45, 7) is 4.17. The molecule has 20 heavy (non-hydrogen) atoms. The molecule has 0 amide bonds. The van der Waals surface area contributed by atoms with Gasteiger partial charge in [-0.15, -0.1) is 0 Å². The van der Waals surface area contributed by atoms with Gasteiger partial charge in [-0.3, -0.25) is 4.90 Å². The highest BCUT2D eigenvalue weighted by molar-refractivity contribution is 5.25. The lowest BCUT2D eigenvalue weighted by molar-refractivity contribution is -0.185. The van der Waals surface area contributed by atoms with Crippen molar-refractivity contribution >= 4 is 0 Å². The van der Waals surface area contributed by atoms with E-state index in [9.17, 15) is 4.39 Å². The van der Waals surface area contributed by atoms with Crippen LogP contribution in [0.15, 0.2) is 18.2 Å². The average Bonchev–Trinajstić information content (AvgIpc) is 2.92. The van der Waals surface area contributed by atoms with Gasteiger partial charge in [-0.1, -0.05) is 12.1 Å². The summed E-state index contributed by atoms with van der Waals surface area (Å²) in [6, 6.07) is 5.11. The number of rotatable bonds is 3. The van der Waals surface area contributed by atoms with Crippen LogP contribution in [-0.2, 0) is 22.6 Å². The molecule has 0 aliphatic carbocycles. The maximum absolute atomic E-state index is 13.8. The molecule has 2 heterocycles. The van der Waals surface area contributed by atoms with Gasteiger partial charge >= 0.3 is 0 Å². The Kier molecular flexibility index (Phi) is 4.03. The first-order valence-electron chi connectivity index (χ1n) is 7.18. The third-order valence-electron chi connectivity index (χ3n) is 4.17. The van der Waals surface area contributed by atoms with Gasteiger partial charge < -0.3 is 15.2 Å². The van der Waals surface area contributed by atoms with Gasteiger partial charge in [-0.25, -0.2) is 4.39 Å². The first-order valence-corrected chi connectivity index (χ1v) is 7.18. The monoisotopic (exact) mass is 280 g/mol. The summed E-state index contributed by atoms with van der Waals surface area (Å²) in [4.78, 5) is 2.25. The van der Waals surface area contributed by atoms with Crippen LogP contribution in [0.25, 0.3) is 0 Å². The van der Waals surface area contributed by atoms with Crippen LogP contribution in [0, 0.1) is 5.82 Å². The summed E-state index contributed by atoms with van der Waals surface area (Å²) < 4.78 is 25.2. The Morgan fingerprint density at radius 3 is 2.55 bits per heavy atom. The van der Waals surface area contributed by atoms with Gasteiger partial charge in [0.05, 0.1) is 13.2 Å². The van der Waals surface area contributed by atoms with E-state index < -0.39 is 0 Å². The summed E-state index contributed by atoms with van der Waals surface area (Å²) in [5.74, 6) is -0.524. The van der Waals surface area contributed by atoms with Crippen LogP contribution in [0.2, 0.25) is 0 Å². The molecule has 2 saturated heterocycles. The zero-order valence-electron chi connectivity index (χ0n) is 11.6. The predicted molar refractivity (Wildman–Crippen MR) is 73.4 cm³/mol. The summed E-state index contributed by atoms with van der Waals surface area (Å²) >= 11 is 0. The summed E-state index contributed by atoms with van der Waals surface area (Å²) in [7, 11) is 0. The summed E-state index contributed by atoms with van der Waals surface area (Å²) in [6.07, 6.45) is 1.70. The Balaban J connectivity index is 1.62. The van der Waals surface area contributed by atoms with Gasteiger partial charge in [-0.2, -0.15) is 0 Å². The van der Waals surface area contributed by atoms with Crippen LogP contribution in [0.3, 0.4) is 0 Å². The number of benzene rings is 1. The molecule has 3 rings (SSSR count). The van der Waals surface area contributed by atoms with Crippen molar-refractivity contribution in [2.24, 2.45) is 5.73 Å². The average molecular weight is 280 g/mol.